The molecule has 9 heteroatoms. The van der Waals surface area contributed by atoms with Gasteiger partial charge in [0.2, 0.25) is 0 Å². The lowest BCUT2D eigenvalue weighted by Gasteiger charge is -2.35. The average molecular weight is 414 g/mol. The fourth-order valence-corrected chi connectivity index (χ4v) is 2.72. The third-order valence-corrected chi connectivity index (χ3v) is 3.84. The zero-order valence-corrected chi connectivity index (χ0v) is 16.3. The minimum absolute atomic E-state index is 0.139. The Labute approximate surface area is 165 Å². The van der Waals surface area contributed by atoms with Gasteiger partial charge in [0.1, 0.15) is 11.6 Å². The molecule has 6 nitrogen and oxygen atoms in total. The summed E-state index contributed by atoms with van der Waals surface area (Å²) in [5.41, 5.74) is 1.63. The van der Waals surface area contributed by atoms with Crippen LogP contribution >= 0.6 is 23.2 Å². The van der Waals surface area contributed by atoms with Crippen LogP contribution in [0.5, 0.6) is 5.75 Å². The molecule has 0 saturated carbocycles. The minimum Gasteiger partial charge on any atom is -0.506 e. The van der Waals surface area contributed by atoms with Gasteiger partial charge in [-0.25, -0.2) is 19.6 Å². The van der Waals surface area contributed by atoms with E-state index in [9.17, 15) is 19.1 Å². The maximum absolute atomic E-state index is 13.3. The second-order valence-electron chi connectivity index (χ2n) is 6.70. The van der Waals surface area contributed by atoms with E-state index in [1.165, 1.54) is 18.2 Å². The van der Waals surface area contributed by atoms with Crippen molar-refractivity contribution in [3.05, 3.63) is 57.8 Å². The number of carbonyl (C=O) groups excluding carboxylic acids is 2. The van der Waals surface area contributed by atoms with E-state index in [0.717, 1.165) is 23.2 Å². The molecule has 3 N–H and O–H groups in total. The summed E-state index contributed by atoms with van der Waals surface area (Å²) in [6.07, 6.45) is 0. The van der Waals surface area contributed by atoms with Gasteiger partial charge in [0, 0.05) is 21.7 Å². The number of benzene rings is 2. The van der Waals surface area contributed by atoms with Crippen molar-refractivity contribution < 1.29 is 19.1 Å². The number of anilines is 1. The second-order valence-corrected chi connectivity index (χ2v) is 7.57. The van der Waals surface area contributed by atoms with Crippen LogP contribution in [0, 0.1) is 5.82 Å². The van der Waals surface area contributed by atoms with E-state index in [1.807, 2.05) is 0 Å². The standard InChI is InChI=1S/C18H18Cl2FN3O3/c1-18(2,3)24(16(26)10-6-11(19)8-12(20)7-10)23-17(27)22-14-9-13(21)4-5-15(14)25/h4-9,25H,1-3H3,(H2,22,23,27). The van der Waals surface area contributed by atoms with Crippen LogP contribution in [-0.4, -0.2) is 27.6 Å². The van der Waals surface area contributed by atoms with Crippen molar-refractivity contribution in [1.82, 2.24) is 10.4 Å². The van der Waals surface area contributed by atoms with Crippen molar-refractivity contribution >= 4 is 40.8 Å². The Morgan fingerprint density at radius 2 is 1.67 bits per heavy atom. The molecule has 27 heavy (non-hydrogen) atoms. The summed E-state index contributed by atoms with van der Waals surface area (Å²) in [6, 6.07) is 6.59. The normalized spacial score (nSPS) is 11.0. The largest absolute Gasteiger partial charge is 0.506 e. The summed E-state index contributed by atoms with van der Waals surface area (Å²) in [5.74, 6) is -1.51. The monoisotopic (exact) mass is 413 g/mol. The van der Waals surface area contributed by atoms with Gasteiger partial charge in [0.05, 0.1) is 11.2 Å². The summed E-state index contributed by atoms with van der Waals surface area (Å²) in [6.45, 7) is 5.12. The third kappa shape index (κ3) is 5.48. The minimum atomic E-state index is -0.840. The molecule has 0 saturated heterocycles. The summed E-state index contributed by atoms with van der Waals surface area (Å²) in [5, 5.41) is 13.6. The number of phenolic OH excluding ortho intramolecular Hbond substituents is 1. The number of amides is 3. The Morgan fingerprint density at radius 3 is 2.22 bits per heavy atom. The Balaban J connectivity index is 2.25. The van der Waals surface area contributed by atoms with Gasteiger partial charge in [-0.2, -0.15) is 0 Å². The lowest BCUT2D eigenvalue weighted by Crippen LogP contribution is -2.56. The number of hydrogen-bond acceptors (Lipinski definition) is 3. The second kappa shape index (κ2) is 8.02. The first-order chi connectivity index (χ1) is 12.5. The van der Waals surface area contributed by atoms with E-state index < -0.39 is 23.3 Å². The van der Waals surface area contributed by atoms with Crippen LogP contribution in [0.4, 0.5) is 14.9 Å². The molecular weight excluding hydrogens is 396 g/mol. The van der Waals surface area contributed by atoms with Gasteiger partial charge >= 0.3 is 6.03 Å². The summed E-state index contributed by atoms with van der Waals surface area (Å²) < 4.78 is 13.3. The zero-order chi connectivity index (χ0) is 20.4. The number of phenols is 1. The van der Waals surface area contributed by atoms with Gasteiger partial charge in [-0.3, -0.25) is 4.79 Å². The van der Waals surface area contributed by atoms with E-state index in [2.05, 4.69) is 10.7 Å². The molecule has 0 aliphatic carbocycles. The first kappa shape index (κ1) is 20.8. The van der Waals surface area contributed by atoms with Crippen LogP contribution < -0.4 is 10.7 Å². The highest BCUT2D eigenvalue weighted by Crippen LogP contribution is 2.24. The van der Waals surface area contributed by atoms with Crippen molar-refractivity contribution in [2.75, 3.05) is 5.32 Å². The number of halogens is 3. The number of hydrazine groups is 1. The number of hydrogen-bond donors (Lipinski definition) is 3. The molecule has 2 aromatic carbocycles. The number of urea groups is 1. The third-order valence-electron chi connectivity index (χ3n) is 3.40. The molecule has 0 bridgehead atoms. The van der Waals surface area contributed by atoms with Crippen LogP contribution in [0.3, 0.4) is 0 Å². The van der Waals surface area contributed by atoms with Crippen LogP contribution in [0.1, 0.15) is 31.1 Å². The Morgan fingerprint density at radius 1 is 1.07 bits per heavy atom. The van der Waals surface area contributed by atoms with Gasteiger partial charge in [-0.15, -0.1) is 0 Å². The quantitative estimate of drug-likeness (QED) is 0.487. The van der Waals surface area contributed by atoms with Crippen molar-refractivity contribution in [3.8, 4) is 5.75 Å². The summed E-state index contributed by atoms with van der Waals surface area (Å²) in [7, 11) is 0. The molecule has 3 amide bonds. The molecule has 144 valence electrons. The van der Waals surface area contributed by atoms with Gasteiger partial charge in [-0.05, 0) is 51.1 Å². The van der Waals surface area contributed by atoms with E-state index in [-0.39, 0.29) is 27.0 Å². The molecule has 2 aromatic rings. The molecule has 0 unspecified atom stereocenters. The highest BCUT2D eigenvalue weighted by atomic mass is 35.5. The first-order valence-corrected chi connectivity index (χ1v) is 8.60. The van der Waals surface area contributed by atoms with Crippen LogP contribution in [-0.2, 0) is 0 Å². The SMILES string of the molecule is CC(C)(C)N(NC(=O)Nc1cc(F)ccc1O)C(=O)c1cc(Cl)cc(Cl)c1. The zero-order valence-electron chi connectivity index (χ0n) is 14.8. The lowest BCUT2D eigenvalue weighted by atomic mass is 10.1. The number of carbonyl (C=O) groups is 2. The highest BCUT2D eigenvalue weighted by molar-refractivity contribution is 6.35. The Bertz CT molecular complexity index is 864. The molecule has 2 rings (SSSR count). The molecular formula is C18H18Cl2FN3O3. The summed E-state index contributed by atoms with van der Waals surface area (Å²) >= 11 is 11.9. The van der Waals surface area contributed by atoms with E-state index in [0.29, 0.717) is 0 Å². The van der Waals surface area contributed by atoms with Gasteiger partial charge < -0.3 is 10.4 Å². The molecule has 0 atom stereocenters. The van der Waals surface area contributed by atoms with Crippen LogP contribution in [0.15, 0.2) is 36.4 Å². The van der Waals surface area contributed by atoms with Gasteiger partial charge in [0.15, 0.2) is 0 Å². The van der Waals surface area contributed by atoms with Gasteiger partial charge in [0.25, 0.3) is 5.91 Å². The molecule has 0 heterocycles. The van der Waals surface area contributed by atoms with Crippen molar-refractivity contribution in [2.24, 2.45) is 0 Å². The van der Waals surface area contributed by atoms with Crippen molar-refractivity contribution in [3.63, 3.8) is 0 Å². The van der Waals surface area contributed by atoms with E-state index >= 15 is 0 Å². The van der Waals surface area contributed by atoms with Crippen molar-refractivity contribution in [2.45, 2.75) is 26.3 Å². The Kier molecular flexibility index (Phi) is 6.18. The molecule has 0 aliphatic rings. The summed E-state index contributed by atoms with van der Waals surface area (Å²) in [4.78, 5) is 25.2. The predicted octanol–water partition coefficient (Wildman–Crippen LogP) is 4.82. The average Bonchev–Trinajstić information content (AvgIpc) is 2.53. The topological polar surface area (TPSA) is 81.7 Å². The number of nitrogens with one attached hydrogen (secondary N) is 2. The van der Waals surface area contributed by atoms with Crippen LogP contribution in [0.2, 0.25) is 10.0 Å². The van der Waals surface area contributed by atoms with E-state index in [4.69, 9.17) is 23.2 Å². The Hall–Kier alpha value is -2.51. The van der Waals surface area contributed by atoms with Crippen molar-refractivity contribution in [1.29, 1.82) is 0 Å². The molecule has 0 spiro atoms. The predicted molar refractivity (Wildman–Crippen MR) is 103 cm³/mol. The fourth-order valence-electron chi connectivity index (χ4n) is 2.19. The fraction of sp³-hybridized carbons (Fsp3) is 0.222. The highest BCUT2D eigenvalue weighted by Gasteiger charge is 2.30. The number of nitrogens with zero attached hydrogens (tertiary/aromatic N) is 1. The smallest absolute Gasteiger partial charge is 0.338 e. The maximum Gasteiger partial charge on any atom is 0.338 e. The lowest BCUT2D eigenvalue weighted by molar-refractivity contribution is 0.0460. The maximum atomic E-state index is 13.3. The molecule has 0 radical (unpaired) electrons. The molecule has 0 aromatic heterocycles. The van der Waals surface area contributed by atoms with Gasteiger partial charge in [-0.1, -0.05) is 23.2 Å². The van der Waals surface area contributed by atoms with E-state index in [1.54, 1.807) is 20.8 Å². The number of aromatic hydroxyl groups is 1. The molecule has 0 fully saturated rings. The molecule has 0 aliphatic heterocycles. The number of rotatable bonds is 2. The van der Waals surface area contributed by atoms with Crippen LogP contribution in [0.25, 0.3) is 0 Å². The first-order valence-electron chi connectivity index (χ1n) is 7.84.